The van der Waals surface area contributed by atoms with Crippen LogP contribution in [0.15, 0.2) is 63.4 Å². The molecule has 114 valence electrons. The highest BCUT2D eigenvalue weighted by Gasteiger charge is 2.13. The Hall–Kier alpha value is -2.16. The molecule has 5 heteroatoms. The molecule has 0 N–H and O–H groups in total. The van der Waals surface area contributed by atoms with Crippen molar-refractivity contribution in [2.75, 3.05) is 12.0 Å². The maximum absolute atomic E-state index is 13.0. The molecule has 0 bridgehead atoms. The Bertz CT molecular complexity index is 957. The van der Waals surface area contributed by atoms with Crippen LogP contribution in [0.5, 0.6) is 0 Å². The van der Waals surface area contributed by atoms with Crippen molar-refractivity contribution in [1.82, 2.24) is 9.55 Å². The van der Waals surface area contributed by atoms with E-state index in [-0.39, 0.29) is 5.56 Å². The van der Waals surface area contributed by atoms with Crippen molar-refractivity contribution in [2.45, 2.75) is 10.1 Å². The minimum absolute atomic E-state index is 0.0756. The van der Waals surface area contributed by atoms with Crippen molar-refractivity contribution in [3.05, 3.63) is 58.9 Å². The topological polar surface area (TPSA) is 34.9 Å². The molecular formula is C18H14N2OS2. The molecule has 2 aromatic carbocycles. The first kappa shape index (κ1) is 15.7. The van der Waals surface area contributed by atoms with Gasteiger partial charge in [-0.15, -0.1) is 18.2 Å². The lowest BCUT2D eigenvalue weighted by Gasteiger charge is -2.13. The molecule has 0 amide bonds. The maximum Gasteiger partial charge on any atom is 0.266 e. The number of hydrogen-bond acceptors (Lipinski definition) is 4. The molecule has 1 aromatic heterocycles. The lowest BCUT2D eigenvalue weighted by atomic mass is 10.2. The van der Waals surface area contributed by atoms with Gasteiger partial charge >= 0.3 is 0 Å². The molecule has 0 aliphatic rings. The number of fused-ring (bicyclic) bond motifs is 1. The van der Waals surface area contributed by atoms with Gasteiger partial charge in [-0.05, 0) is 36.6 Å². The Kier molecular flexibility index (Phi) is 4.75. The smallest absolute Gasteiger partial charge is 0.266 e. The van der Waals surface area contributed by atoms with Crippen LogP contribution in [-0.2, 0) is 0 Å². The Balaban J connectivity index is 2.30. The Morgan fingerprint density at radius 1 is 1.22 bits per heavy atom. The minimum Gasteiger partial charge on any atom is -0.268 e. The van der Waals surface area contributed by atoms with Gasteiger partial charge < -0.3 is 0 Å². The van der Waals surface area contributed by atoms with Crippen LogP contribution >= 0.6 is 23.5 Å². The number of thioether (sulfide) groups is 2. The SMILES string of the molecule is C#CCSc1nc2ccccc2c(=O)n1-c1cccc(SC)c1. The van der Waals surface area contributed by atoms with Crippen LogP contribution in [0.4, 0.5) is 0 Å². The Morgan fingerprint density at radius 3 is 2.83 bits per heavy atom. The summed E-state index contributed by atoms with van der Waals surface area (Å²) in [5, 5.41) is 1.22. The van der Waals surface area contributed by atoms with E-state index in [1.807, 2.05) is 48.7 Å². The molecule has 0 saturated carbocycles. The van der Waals surface area contributed by atoms with Gasteiger partial charge in [0.05, 0.1) is 22.3 Å². The summed E-state index contributed by atoms with van der Waals surface area (Å²) in [5.41, 5.74) is 1.42. The number of nitrogens with zero attached hydrogens (tertiary/aromatic N) is 2. The Labute approximate surface area is 143 Å². The molecule has 0 spiro atoms. The van der Waals surface area contributed by atoms with Gasteiger partial charge in [-0.2, -0.15) is 0 Å². The van der Waals surface area contributed by atoms with Crippen molar-refractivity contribution >= 4 is 34.4 Å². The van der Waals surface area contributed by atoms with Gasteiger partial charge in [0.1, 0.15) is 0 Å². The second-order valence-electron chi connectivity index (χ2n) is 4.75. The van der Waals surface area contributed by atoms with Crippen molar-refractivity contribution in [1.29, 1.82) is 0 Å². The van der Waals surface area contributed by atoms with Crippen molar-refractivity contribution in [2.24, 2.45) is 0 Å². The molecule has 0 aliphatic carbocycles. The number of rotatable bonds is 4. The average molecular weight is 338 g/mol. The fraction of sp³-hybridized carbons (Fsp3) is 0.111. The number of para-hydroxylation sites is 1. The summed E-state index contributed by atoms with van der Waals surface area (Å²) < 4.78 is 1.64. The number of aromatic nitrogens is 2. The zero-order valence-corrected chi connectivity index (χ0v) is 14.2. The number of benzene rings is 2. The first-order valence-corrected chi connectivity index (χ1v) is 9.18. The van der Waals surface area contributed by atoms with Gasteiger partial charge in [0, 0.05) is 4.90 Å². The standard InChI is InChI=1S/C18H14N2OS2/c1-3-11-23-18-19-16-10-5-4-9-15(16)17(21)20(18)13-7-6-8-14(12-13)22-2/h1,4-10,12H,11H2,2H3. The third-order valence-electron chi connectivity index (χ3n) is 3.34. The van der Waals surface area contributed by atoms with E-state index in [1.165, 1.54) is 11.8 Å². The molecule has 0 aliphatic heterocycles. The third kappa shape index (κ3) is 3.14. The van der Waals surface area contributed by atoms with E-state index in [4.69, 9.17) is 6.42 Å². The molecule has 0 fully saturated rings. The van der Waals surface area contributed by atoms with E-state index in [1.54, 1.807) is 22.4 Å². The molecular weight excluding hydrogens is 324 g/mol. The zero-order chi connectivity index (χ0) is 16.2. The van der Waals surface area contributed by atoms with Crippen LogP contribution in [0.2, 0.25) is 0 Å². The second-order valence-corrected chi connectivity index (χ2v) is 6.57. The lowest BCUT2D eigenvalue weighted by molar-refractivity contribution is 0.819. The molecule has 3 nitrogen and oxygen atoms in total. The summed E-state index contributed by atoms with van der Waals surface area (Å²) in [4.78, 5) is 18.7. The van der Waals surface area contributed by atoms with E-state index in [2.05, 4.69) is 10.9 Å². The van der Waals surface area contributed by atoms with E-state index in [0.717, 1.165) is 10.6 Å². The lowest BCUT2D eigenvalue weighted by Crippen LogP contribution is -2.21. The monoisotopic (exact) mass is 338 g/mol. The molecule has 0 unspecified atom stereocenters. The van der Waals surface area contributed by atoms with Crippen LogP contribution < -0.4 is 5.56 Å². The fourth-order valence-corrected chi connectivity index (χ4v) is 3.44. The molecule has 0 radical (unpaired) electrons. The zero-order valence-electron chi connectivity index (χ0n) is 12.5. The highest BCUT2D eigenvalue weighted by Crippen LogP contribution is 2.23. The highest BCUT2D eigenvalue weighted by molar-refractivity contribution is 7.99. The molecule has 0 atom stereocenters. The Morgan fingerprint density at radius 2 is 2.04 bits per heavy atom. The maximum atomic E-state index is 13.0. The molecule has 3 rings (SSSR count). The normalized spacial score (nSPS) is 10.6. The molecule has 23 heavy (non-hydrogen) atoms. The van der Waals surface area contributed by atoms with Crippen LogP contribution in [0.1, 0.15) is 0 Å². The van der Waals surface area contributed by atoms with Gasteiger partial charge in [0.2, 0.25) is 0 Å². The van der Waals surface area contributed by atoms with Crippen LogP contribution in [0.25, 0.3) is 16.6 Å². The highest BCUT2D eigenvalue weighted by atomic mass is 32.2. The second kappa shape index (κ2) is 6.95. The van der Waals surface area contributed by atoms with Gasteiger partial charge in [-0.3, -0.25) is 9.36 Å². The fourth-order valence-electron chi connectivity index (χ4n) is 2.29. The summed E-state index contributed by atoms with van der Waals surface area (Å²) >= 11 is 3.03. The predicted molar refractivity (Wildman–Crippen MR) is 98.7 cm³/mol. The van der Waals surface area contributed by atoms with Crippen LogP contribution in [0.3, 0.4) is 0 Å². The van der Waals surface area contributed by atoms with Crippen molar-refractivity contribution in [3.8, 4) is 18.0 Å². The predicted octanol–water partition coefficient (Wildman–Crippen LogP) is 3.83. The third-order valence-corrected chi connectivity index (χ3v) is 4.91. The summed E-state index contributed by atoms with van der Waals surface area (Å²) in [6, 6.07) is 15.2. The summed E-state index contributed by atoms with van der Waals surface area (Å²) in [5.74, 6) is 3.05. The quantitative estimate of drug-likeness (QED) is 0.411. The first-order valence-electron chi connectivity index (χ1n) is 6.97. The van der Waals surface area contributed by atoms with E-state index >= 15 is 0 Å². The average Bonchev–Trinajstić information content (AvgIpc) is 2.60. The van der Waals surface area contributed by atoms with Crippen LogP contribution in [-0.4, -0.2) is 21.6 Å². The largest absolute Gasteiger partial charge is 0.268 e. The van der Waals surface area contributed by atoms with E-state index in [9.17, 15) is 4.79 Å². The van der Waals surface area contributed by atoms with Gasteiger partial charge in [-0.25, -0.2) is 4.98 Å². The molecule has 0 saturated heterocycles. The number of hydrogen-bond donors (Lipinski definition) is 0. The van der Waals surface area contributed by atoms with E-state index < -0.39 is 0 Å². The van der Waals surface area contributed by atoms with Crippen molar-refractivity contribution in [3.63, 3.8) is 0 Å². The van der Waals surface area contributed by atoms with Gasteiger partial charge in [-0.1, -0.05) is 35.9 Å². The first-order chi connectivity index (χ1) is 11.2. The van der Waals surface area contributed by atoms with Gasteiger partial charge in [0.25, 0.3) is 5.56 Å². The summed E-state index contributed by atoms with van der Waals surface area (Å²) in [6.45, 7) is 0. The van der Waals surface area contributed by atoms with E-state index in [0.29, 0.717) is 21.8 Å². The number of terminal acetylenes is 1. The molecule has 3 aromatic rings. The van der Waals surface area contributed by atoms with Gasteiger partial charge in [0.15, 0.2) is 5.16 Å². The summed E-state index contributed by atoms with van der Waals surface area (Å²) in [7, 11) is 0. The summed E-state index contributed by atoms with van der Waals surface area (Å²) in [6.07, 6.45) is 7.38. The van der Waals surface area contributed by atoms with Crippen molar-refractivity contribution < 1.29 is 0 Å². The minimum atomic E-state index is -0.0756. The van der Waals surface area contributed by atoms with Crippen LogP contribution in [0, 0.1) is 12.3 Å². The molecule has 1 heterocycles.